The number of rotatable bonds is 4. The van der Waals surface area contributed by atoms with Crippen molar-refractivity contribution < 1.29 is 4.79 Å². The van der Waals surface area contributed by atoms with Crippen LogP contribution in [0.1, 0.15) is 46.1 Å². The van der Waals surface area contributed by atoms with Crippen LogP contribution in [0, 0.1) is 0 Å². The number of hydrogen-bond donors (Lipinski definition) is 2. The van der Waals surface area contributed by atoms with Crippen LogP contribution in [0.25, 0.3) is 0 Å². The largest absolute Gasteiger partial charge is 0.366 e. The van der Waals surface area contributed by atoms with Crippen molar-refractivity contribution in [3.05, 3.63) is 53.1 Å². The molecular formula is C16H18ClN3O. The number of hydrogen-bond acceptors (Lipinski definition) is 2. The Morgan fingerprint density at radius 2 is 2.19 bits per heavy atom. The molecule has 0 aliphatic heterocycles. The van der Waals surface area contributed by atoms with E-state index in [1.807, 2.05) is 12.1 Å². The Labute approximate surface area is 128 Å². The maximum atomic E-state index is 11.1. The number of imidazole rings is 1. The first kappa shape index (κ1) is 14.1. The van der Waals surface area contributed by atoms with E-state index < -0.39 is 5.91 Å². The Balaban J connectivity index is 1.72. The number of carbonyl (C=O) groups excluding carboxylic acids is 1. The van der Waals surface area contributed by atoms with E-state index in [9.17, 15) is 4.79 Å². The summed E-state index contributed by atoms with van der Waals surface area (Å²) in [6, 6.07) is 7.34. The average molecular weight is 304 g/mol. The van der Waals surface area contributed by atoms with Crippen molar-refractivity contribution in [1.29, 1.82) is 0 Å². The van der Waals surface area contributed by atoms with Gasteiger partial charge in [0.05, 0.1) is 12.0 Å². The normalized spacial score (nSPS) is 19.0. The Bertz CT molecular complexity index is 635. The van der Waals surface area contributed by atoms with Crippen LogP contribution >= 0.6 is 11.6 Å². The van der Waals surface area contributed by atoms with Crippen molar-refractivity contribution in [2.75, 3.05) is 0 Å². The molecule has 2 atom stereocenters. The van der Waals surface area contributed by atoms with Gasteiger partial charge in [0.1, 0.15) is 0 Å². The number of halogens is 1. The molecule has 1 amide bonds. The van der Waals surface area contributed by atoms with Crippen molar-refractivity contribution in [3.8, 4) is 0 Å². The lowest BCUT2D eigenvalue weighted by Gasteiger charge is -2.25. The molecule has 0 saturated carbocycles. The number of amides is 1. The Hall–Kier alpha value is -1.81. The van der Waals surface area contributed by atoms with E-state index in [0.717, 1.165) is 36.9 Å². The maximum absolute atomic E-state index is 11.1. The van der Waals surface area contributed by atoms with Crippen LogP contribution in [0.4, 0.5) is 0 Å². The predicted octanol–water partition coefficient (Wildman–Crippen LogP) is 2.78. The first-order chi connectivity index (χ1) is 10.1. The molecule has 3 rings (SSSR count). The zero-order valence-corrected chi connectivity index (χ0v) is 12.4. The van der Waals surface area contributed by atoms with Crippen LogP contribution < -0.4 is 5.73 Å². The van der Waals surface area contributed by atoms with Gasteiger partial charge in [-0.25, -0.2) is 4.98 Å². The lowest BCUT2D eigenvalue weighted by Crippen LogP contribution is -2.21. The van der Waals surface area contributed by atoms with Crippen molar-refractivity contribution in [2.24, 2.45) is 5.73 Å². The number of fused-ring (bicyclic) bond motifs is 1. The molecule has 1 aliphatic rings. The number of carbonyl (C=O) groups is 1. The molecule has 110 valence electrons. The molecule has 2 aromatic rings. The minimum Gasteiger partial charge on any atom is -0.366 e. The third-order valence-corrected chi connectivity index (χ3v) is 4.61. The van der Waals surface area contributed by atoms with Gasteiger partial charge >= 0.3 is 0 Å². The molecule has 5 heteroatoms. The number of benzene rings is 1. The van der Waals surface area contributed by atoms with Gasteiger partial charge in [-0.15, -0.1) is 11.6 Å². The molecule has 1 heterocycles. The van der Waals surface area contributed by atoms with Crippen LogP contribution in [0.15, 0.2) is 30.6 Å². The second kappa shape index (κ2) is 5.90. The zero-order valence-electron chi connectivity index (χ0n) is 11.7. The zero-order chi connectivity index (χ0) is 14.8. The number of primary amides is 1. The summed E-state index contributed by atoms with van der Waals surface area (Å²) in [7, 11) is 0. The molecule has 0 bridgehead atoms. The van der Waals surface area contributed by atoms with Gasteiger partial charge in [0.15, 0.2) is 0 Å². The molecular weight excluding hydrogens is 286 g/mol. The third-order valence-electron chi connectivity index (χ3n) is 4.15. The lowest BCUT2D eigenvalue weighted by molar-refractivity contribution is 0.100. The van der Waals surface area contributed by atoms with Crippen molar-refractivity contribution in [3.63, 3.8) is 0 Å². The van der Waals surface area contributed by atoms with E-state index in [0.29, 0.717) is 5.56 Å². The summed E-state index contributed by atoms with van der Waals surface area (Å²) in [6.45, 7) is 0. The number of H-pyrrole nitrogens is 1. The van der Waals surface area contributed by atoms with Gasteiger partial charge in [-0.1, -0.05) is 12.1 Å². The molecule has 0 spiro atoms. The van der Waals surface area contributed by atoms with E-state index in [2.05, 4.69) is 9.97 Å². The lowest BCUT2D eigenvalue weighted by atomic mass is 9.85. The fourth-order valence-corrected chi connectivity index (χ4v) is 3.44. The second-order valence-corrected chi connectivity index (χ2v) is 6.11. The van der Waals surface area contributed by atoms with Gasteiger partial charge in [0.25, 0.3) is 0 Å². The number of alkyl halides is 1. The Kier molecular flexibility index (Phi) is 3.97. The highest BCUT2D eigenvalue weighted by atomic mass is 35.5. The fraction of sp³-hybridized carbons (Fsp3) is 0.375. The fourth-order valence-electron chi connectivity index (χ4n) is 3.01. The van der Waals surface area contributed by atoms with Crippen LogP contribution in [-0.4, -0.2) is 21.3 Å². The van der Waals surface area contributed by atoms with Crippen molar-refractivity contribution in [2.45, 2.75) is 37.0 Å². The van der Waals surface area contributed by atoms with E-state index >= 15 is 0 Å². The maximum Gasteiger partial charge on any atom is 0.248 e. The van der Waals surface area contributed by atoms with Crippen molar-refractivity contribution >= 4 is 17.5 Å². The Morgan fingerprint density at radius 1 is 1.43 bits per heavy atom. The highest BCUT2D eigenvalue weighted by molar-refractivity contribution is 6.21. The van der Waals surface area contributed by atoms with Gasteiger partial charge in [0, 0.05) is 22.6 Å². The molecule has 4 nitrogen and oxygen atoms in total. The van der Waals surface area contributed by atoms with E-state index in [1.54, 1.807) is 18.5 Å². The number of nitrogens with two attached hydrogens (primary N) is 1. The minimum atomic E-state index is -0.405. The summed E-state index contributed by atoms with van der Waals surface area (Å²) in [6.07, 6.45) is 5.80. The molecule has 1 aromatic heterocycles. The van der Waals surface area contributed by atoms with Gasteiger partial charge in [-0.05, 0) is 43.4 Å². The summed E-state index contributed by atoms with van der Waals surface area (Å²) >= 11 is 6.64. The summed E-state index contributed by atoms with van der Waals surface area (Å²) in [5.41, 5.74) is 9.23. The Morgan fingerprint density at radius 3 is 2.90 bits per heavy atom. The van der Waals surface area contributed by atoms with Crippen LogP contribution in [0.3, 0.4) is 0 Å². The van der Waals surface area contributed by atoms with Gasteiger partial charge in [0.2, 0.25) is 5.91 Å². The second-order valence-electron chi connectivity index (χ2n) is 5.55. The van der Waals surface area contributed by atoms with Gasteiger partial charge < -0.3 is 10.7 Å². The topological polar surface area (TPSA) is 71.8 Å². The SMILES string of the molecule is NC(=O)c1ccc(CC(Cl)C2CCCc3[nH]cnc32)cc1. The molecule has 0 radical (unpaired) electrons. The summed E-state index contributed by atoms with van der Waals surface area (Å²) in [5, 5.41) is 0.00628. The average Bonchev–Trinajstić information content (AvgIpc) is 2.96. The van der Waals surface area contributed by atoms with Crippen LogP contribution in [-0.2, 0) is 12.8 Å². The quantitative estimate of drug-likeness (QED) is 0.853. The first-order valence-electron chi connectivity index (χ1n) is 7.20. The molecule has 1 aliphatic carbocycles. The smallest absolute Gasteiger partial charge is 0.248 e. The standard InChI is InChI=1S/C16H18ClN3O/c17-13(8-10-4-6-11(7-5-10)16(18)21)12-2-1-3-14-15(12)20-9-19-14/h4-7,9,12-13H,1-3,8H2,(H2,18,21)(H,19,20). The molecule has 2 unspecified atom stereocenters. The number of nitrogens with one attached hydrogen (secondary N) is 1. The highest BCUT2D eigenvalue weighted by Crippen LogP contribution is 2.35. The summed E-state index contributed by atoms with van der Waals surface area (Å²) in [5.74, 6) is -0.116. The molecule has 21 heavy (non-hydrogen) atoms. The summed E-state index contributed by atoms with van der Waals surface area (Å²) < 4.78 is 0. The van der Waals surface area contributed by atoms with E-state index in [-0.39, 0.29) is 11.3 Å². The van der Waals surface area contributed by atoms with E-state index in [4.69, 9.17) is 17.3 Å². The molecule has 0 fully saturated rings. The van der Waals surface area contributed by atoms with Crippen molar-refractivity contribution in [1.82, 2.24) is 9.97 Å². The minimum absolute atomic E-state index is 0.00628. The first-order valence-corrected chi connectivity index (χ1v) is 7.63. The number of aromatic nitrogens is 2. The molecule has 3 N–H and O–H groups in total. The van der Waals surface area contributed by atoms with Gasteiger partial charge in [-0.3, -0.25) is 4.79 Å². The number of nitrogens with zero attached hydrogens (tertiary/aromatic N) is 1. The van der Waals surface area contributed by atoms with Crippen LogP contribution in [0.2, 0.25) is 0 Å². The number of aromatic amines is 1. The van der Waals surface area contributed by atoms with Crippen LogP contribution in [0.5, 0.6) is 0 Å². The summed E-state index contributed by atoms with van der Waals surface area (Å²) in [4.78, 5) is 18.7. The predicted molar refractivity (Wildman–Crippen MR) is 82.6 cm³/mol. The number of aryl methyl sites for hydroxylation is 1. The highest BCUT2D eigenvalue weighted by Gasteiger charge is 2.28. The monoisotopic (exact) mass is 303 g/mol. The molecule has 0 saturated heterocycles. The van der Waals surface area contributed by atoms with Gasteiger partial charge in [-0.2, -0.15) is 0 Å². The molecule has 1 aromatic carbocycles. The third kappa shape index (κ3) is 2.95. The van der Waals surface area contributed by atoms with E-state index in [1.165, 1.54) is 5.69 Å².